The Morgan fingerprint density at radius 3 is 1.48 bits per heavy atom. The van der Waals surface area contributed by atoms with E-state index in [0.717, 1.165) is 35.4 Å². The first-order valence-electron chi connectivity index (χ1n) is 23.6. The van der Waals surface area contributed by atoms with Crippen LogP contribution in [-0.4, -0.2) is 99.2 Å². The minimum absolute atomic E-state index is 0.170. The lowest BCUT2D eigenvalue weighted by Crippen LogP contribution is -2.14. The van der Waals surface area contributed by atoms with Gasteiger partial charge in [-0.05, 0) is 57.5 Å². The quantitative estimate of drug-likeness (QED) is 0.0339. The Labute approximate surface area is 482 Å². The van der Waals surface area contributed by atoms with Crippen molar-refractivity contribution in [2.45, 2.75) is 40.5 Å². The van der Waals surface area contributed by atoms with E-state index in [4.69, 9.17) is 63.7 Å². The highest BCUT2D eigenvalue weighted by atomic mass is 35.5. The molecule has 10 aromatic rings. The fourth-order valence-electron chi connectivity index (χ4n) is 6.64. The molecular weight excluding hydrogens is 1130 g/mol. The first kappa shape index (κ1) is 60.9. The van der Waals surface area contributed by atoms with Crippen molar-refractivity contribution in [3.05, 3.63) is 177 Å². The molecule has 25 nitrogen and oxygen atoms in total. The molecule has 8 aromatic heterocycles. The number of aryl methyl sites for hydroxylation is 4. The van der Waals surface area contributed by atoms with Crippen LogP contribution in [0.1, 0.15) is 45.5 Å². The van der Waals surface area contributed by atoms with Gasteiger partial charge in [-0.3, -0.25) is 4.79 Å². The zero-order valence-corrected chi connectivity index (χ0v) is 47.1. The number of halogens is 6. The van der Waals surface area contributed by atoms with E-state index < -0.39 is 11.8 Å². The molecule has 11 N–H and O–H groups in total. The molecule has 81 heavy (non-hydrogen) atoms. The Balaban J connectivity index is 0.000000188. The summed E-state index contributed by atoms with van der Waals surface area (Å²) in [5.74, 6) is 7.02. The van der Waals surface area contributed by atoms with Gasteiger partial charge < -0.3 is 38.2 Å². The number of nitrogen functional groups attached to an aromatic ring is 3. The molecule has 0 atom stereocenters. The van der Waals surface area contributed by atoms with Gasteiger partial charge in [0.25, 0.3) is 11.8 Å². The zero-order valence-electron chi connectivity index (χ0n) is 44.1. The molecule has 2 aromatic carbocycles. The number of anilines is 8. The van der Waals surface area contributed by atoms with Crippen molar-refractivity contribution in [1.82, 2.24) is 79.2 Å². The molecule has 0 aliphatic carbocycles. The van der Waals surface area contributed by atoms with Crippen LogP contribution < -0.4 is 44.0 Å². The van der Waals surface area contributed by atoms with E-state index >= 15 is 0 Å². The summed E-state index contributed by atoms with van der Waals surface area (Å²) in [6.07, 6.45) is 6.93. The van der Waals surface area contributed by atoms with E-state index in [1.54, 1.807) is 72.0 Å². The number of nitrogens with two attached hydrogens (primary N) is 3. The summed E-state index contributed by atoms with van der Waals surface area (Å²) in [7, 11) is 3.56. The highest BCUT2D eigenvalue weighted by Gasteiger charge is 2.24. The van der Waals surface area contributed by atoms with Crippen molar-refractivity contribution in [2.24, 2.45) is 5.84 Å². The van der Waals surface area contributed by atoms with E-state index in [2.05, 4.69) is 91.8 Å². The predicted molar refractivity (Wildman–Crippen MR) is 310 cm³/mol. The number of benzene rings is 2. The molecule has 0 saturated heterocycles. The zero-order chi connectivity index (χ0) is 58.8. The number of amides is 1. The second-order valence-corrected chi connectivity index (χ2v) is 18.2. The molecule has 1 amide bonds. The number of hydrogen-bond donors (Lipinski definition) is 8. The van der Waals surface area contributed by atoms with Gasteiger partial charge in [0.15, 0.2) is 17.5 Å². The van der Waals surface area contributed by atoms with Gasteiger partial charge in [0.2, 0.25) is 0 Å². The molecule has 0 aliphatic rings. The Hall–Kier alpha value is -9.28. The van der Waals surface area contributed by atoms with Crippen molar-refractivity contribution in [3.63, 3.8) is 0 Å². The Kier molecular flexibility index (Phi) is 21.5. The third-order valence-corrected chi connectivity index (χ3v) is 11.2. The summed E-state index contributed by atoms with van der Waals surface area (Å²) in [4.78, 5) is 51.8. The third kappa shape index (κ3) is 18.1. The van der Waals surface area contributed by atoms with Gasteiger partial charge in [0.05, 0.1) is 17.1 Å². The van der Waals surface area contributed by atoms with Gasteiger partial charge in [-0.15, -0.1) is 0 Å². The minimum atomic E-state index is -3.00. The van der Waals surface area contributed by atoms with Crippen molar-refractivity contribution < 1.29 is 13.6 Å². The smallest absolute Gasteiger partial charge is 0.270 e. The van der Waals surface area contributed by atoms with E-state index in [9.17, 15) is 13.6 Å². The number of carbonyl (C=O) groups is 1. The number of hydrazine groups is 1. The first-order valence-corrected chi connectivity index (χ1v) is 25.1. The summed E-state index contributed by atoms with van der Waals surface area (Å²) in [6, 6.07) is 24.4. The lowest BCUT2D eigenvalue weighted by Gasteiger charge is -2.14. The summed E-state index contributed by atoms with van der Waals surface area (Å²) >= 11 is 22.0. The number of nitrogens with zero attached hydrogens (tertiary/aromatic N) is 16. The standard InChI is InChI=1S/C25H25F2N7O.C9H12N6.C8H8ClN5.C4H2Cl2N2.C4H5ClN4/c1-15-8-9-17(24(35)31-19-7-5-6-18(12-19)25(3,26)27)11-20(15)32-23-10-16(2)33-34(23)22-13-21(28-4)29-14-30-22;1-6-3-7(10)15(14-6)9-4-8(11-2)12-5-13-9;1-5-2-7(10)14(13-5)8-3-6(9)11-4-12-8;5-3-1-4(6)8-2-7-3;5-3-1-4(9-6)8-2-7-3/h5-14,32H,1-4H3,(H,31,35)(H,28,29,30);3-5H,10H2,1-2H3,(H,11,12,13);2-4H,10H2,1H3;1-2H;1-2H,6H2,(H,7,8,9). The van der Waals surface area contributed by atoms with E-state index in [1.807, 2.05) is 39.8 Å². The average Bonchev–Trinajstić information content (AvgIpc) is 4.12. The lowest BCUT2D eigenvalue weighted by molar-refractivity contribution is 0.0175. The first-order chi connectivity index (χ1) is 38.6. The SMILES string of the molecule is CNc1cc(-n2nc(C)cc2N)ncn1.CNc1cc(-n2nc(C)cc2Nc2cc(C(=O)Nc3cccc(C(C)(F)F)c3)ccc2C)ncn1.Cc1cc(N)n(-c2cc(Cl)ncn2)n1.Clc1cc(Cl)ncn1.NNc1cc(Cl)ncn1. The van der Waals surface area contributed by atoms with Crippen LogP contribution in [0.15, 0.2) is 123 Å². The number of nitrogens with one attached hydrogen (secondary N) is 5. The van der Waals surface area contributed by atoms with Crippen molar-refractivity contribution in [2.75, 3.05) is 52.3 Å². The number of alkyl halides is 2. The van der Waals surface area contributed by atoms with Crippen LogP contribution in [0.5, 0.6) is 0 Å². The maximum atomic E-state index is 13.7. The number of hydrogen-bond acceptors (Lipinski definition) is 21. The average molecular weight is 1180 g/mol. The van der Waals surface area contributed by atoms with Gasteiger partial charge in [0, 0.05) is 92.1 Å². The number of aromatic nitrogens is 16. The molecule has 31 heteroatoms. The van der Waals surface area contributed by atoms with Crippen LogP contribution in [0.25, 0.3) is 17.5 Å². The van der Waals surface area contributed by atoms with Gasteiger partial charge in [-0.2, -0.15) is 29.3 Å². The third-order valence-electron chi connectivity index (χ3n) is 10.4. The van der Waals surface area contributed by atoms with Crippen molar-refractivity contribution in [1.29, 1.82) is 0 Å². The van der Waals surface area contributed by atoms with Crippen LogP contribution in [0.3, 0.4) is 0 Å². The summed E-state index contributed by atoms with van der Waals surface area (Å²) in [5.41, 5.74) is 18.4. The number of carbonyl (C=O) groups excluding carboxylic acids is 1. The topological polar surface area (TPSA) is 338 Å². The van der Waals surface area contributed by atoms with Gasteiger partial charge in [0.1, 0.15) is 87.2 Å². The fourth-order valence-corrected chi connectivity index (χ4v) is 7.28. The van der Waals surface area contributed by atoms with Crippen LogP contribution >= 0.6 is 46.4 Å². The van der Waals surface area contributed by atoms with E-state index in [1.165, 1.54) is 66.7 Å². The summed E-state index contributed by atoms with van der Waals surface area (Å²) < 4.78 is 32.1. The predicted octanol–water partition coefficient (Wildman–Crippen LogP) is 9.43. The molecule has 0 radical (unpaired) electrons. The Morgan fingerprint density at radius 1 is 0.543 bits per heavy atom. The Morgan fingerprint density at radius 2 is 1.01 bits per heavy atom. The molecule has 0 unspecified atom stereocenters. The second-order valence-electron chi connectivity index (χ2n) is 16.7. The van der Waals surface area contributed by atoms with E-state index in [-0.39, 0.29) is 5.56 Å². The van der Waals surface area contributed by atoms with E-state index in [0.29, 0.717) is 84.1 Å². The highest BCUT2D eigenvalue weighted by molar-refractivity contribution is 6.33. The van der Waals surface area contributed by atoms with Crippen molar-refractivity contribution >= 4 is 98.6 Å². The molecule has 10 rings (SSSR count). The maximum absolute atomic E-state index is 13.7. The molecule has 0 bridgehead atoms. The van der Waals surface area contributed by atoms with Crippen LogP contribution in [-0.2, 0) is 5.92 Å². The molecule has 420 valence electrons. The van der Waals surface area contributed by atoms with Gasteiger partial charge in [-0.25, -0.2) is 64.5 Å². The molecule has 0 saturated carbocycles. The second kappa shape index (κ2) is 28.6. The summed E-state index contributed by atoms with van der Waals surface area (Å²) in [5, 5.41) is 26.3. The van der Waals surface area contributed by atoms with Crippen LogP contribution in [0.2, 0.25) is 20.6 Å². The van der Waals surface area contributed by atoms with Crippen LogP contribution in [0, 0.1) is 27.7 Å². The van der Waals surface area contributed by atoms with Gasteiger partial charge in [-0.1, -0.05) is 64.6 Å². The highest BCUT2D eigenvalue weighted by Crippen LogP contribution is 2.30. The normalized spacial score (nSPS) is 10.5. The minimum Gasteiger partial charge on any atom is -0.384 e. The molecule has 8 heterocycles. The number of rotatable bonds is 11. The van der Waals surface area contributed by atoms with Gasteiger partial charge >= 0.3 is 0 Å². The lowest BCUT2D eigenvalue weighted by atomic mass is 10.1. The molecule has 0 spiro atoms. The molecular formula is C50H52Cl4F2N24O. The molecule has 0 aliphatic heterocycles. The molecule has 0 fully saturated rings. The summed E-state index contributed by atoms with van der Waals surface area (Å²) in [6.45, 7) is 8.34. The largest absolute Gasteiger partial charge is 0.384 e. The van der Waals surface area contributed by atoms with Crippen LogP contribution in [0.4, 0.5) is 55.1 Å². The monoisotopic (exact) mass is 1180 g/mol. The maximum Gasteiger partial charge on any atom is 0.270 e. The van der Waals surface area contributed by atoms with Crippen molar-refractivity contribution in [3.8, 4) is 17.5 Å². The Bertz CT molecular complexity index is 3690. The fraction of sp³-hybridized carbons (Fsp3) is 0.160.